The van der Waals surface area contributed by atoms with Crippen molar-refractivity contribution in [1.82, 2.24) is 52.7 Å². The predicted octanol–water partition coefficient (Wildman–Crippen LogP) is 11.0. The second-order valence-electron chi connectivity index (χ2n) is 24.5. The highest BCUT2D eigenvalue weighted by Crippen LogP contribution is 2.53. The SMILES string of the molecule is COc1ccc(CN([C@H]2CCC3=Cc4c(cnn4-c4ccc(F)cc4)C[C@]3(C(=O)c3cc(C)ccn3)C2)S(=O)(=O)c2ccn(C)n2)c(C)c1.COc1ccc(CN([C@H]2CCC3=Cc4c(cnn4-c4ccc(F)cc4)C[C@]3(C(C)=O)C2)S(=O)(=O)c2ccn(C)n2)c(C)c1. The molecular weight excluding hydrogens is 1210 g/mol. The summed E-state index contributed by atoms with van der Waals surface area (Å²) in [6.07, 6.45) is 15.8. The number of carbonyl (C=O) groups is 2. The molecule has 23 heteroatoms. The Kier molecular flexibility index (Phi) is 17.1. The van der Waals surface area contributed by atoms with E-state index in [2.05, 4.69) is 25.4 Å². The monoisotopic (exact) mass is 1280 g/mol. The number of ether oxygens (including phenoxy) is 2. The van der Waals surface area contributed by atoms with E-state index in [0.717, 1.165) is 67.2 Å². The van der Waals surface area contributed by atoms with Crippen molar-refractivity contribution in [2.75, 3.05) is 14.2 Å². The van der Waals surface area contributed by atoms with Crippen LogP contribution in [0.15, 0.2) is 161 Å². The average molecular weight is 1280 g/mol. The van der Waals surface area contributed by atoms with Crippen molar-refractivity contribution in [3.63, 3.8) is 0 Å². The Bertz CT molecular complexity index is 4630. The molecule has 2 saturated carbocycles. The molecule has 4 aliphatic carbocycles. The molecule has 4 aliphatic rings. The number of aryl methyl sites for hydroxylation is 5. The molecule has 13 rings (SSSR count). The van der Waals surface area contributed by atoms with Crippen molar-refractivity contribution >= 4 is 43.8 Å². The van der Waals surface area contributed by atoms with Crippen molar-refractivity contribution in [3.05, 3.63) is 219 Å². The molecule has 2 fully saturated rings. The van der Waals surface area contributed by atoms with E-state index in [0.29, 0.717) is 67.8 Å². The Morgan fingerprint density at radius 1 is 0.609 bits per heavy atom. The fourth-order valence-corrected chi connectivity index (χ4v) is 16.9. The van der Waals surface area contributed by atoms with Crippen LogP contribution in [0.25, 0.3) is 23.5 Å². The zero-order valence-electron chi connectivity index (χ0n) is 52.4. The fourth-order valence-electron chi connectivity index (χ4n) is 13.7. The Morgan fingerprint density at radius 3 is 1.47 bits per heavy atom. The number of halogens is 2. The number of Topliss-reactive ketones (excluding diaryl/α,β-unsaturated/α-hetero) is 2. The number of pyridine rings is 1. The number of sulfonamides is 2. The third-order valence-corrected chi connectivity index (χ3v) is 22.3. The van der Waals surface area contributed by atoms with Gasteiger partial charge in [0.1, 0.15) is 34.6 Å². The molecule has 0 spiro atoms. The van der Waals surface area contributed by atoms with Crippen LogP contribution in [0.1, 0.15) is 106 Å². The van der Waals surface area contributed by atoms with Crippen molar-refractivity contribution in [2.45, 2.75) is 114 Å². The predicted molar refractivity (Wildman–Crippen MR) is 342 cm³/mol. The second-order valence-corrected chi connectivity index (χ2v) is 28.2. The van der Waals surface area contributed by atoms with Crippen LogP contribution in [0.2, 0.25) is 0 Å². The van der Waals surface area contributed by atoms with Crippen LogP contribution >= 0.6 is 0 Å². The summed E-state index contributed by atoms with van der Waals surface area (Å²) in [7, 11) is -1.53. The minimum Gasteiger partial charge on any atom is -0.497 e. The summed E-state index contributed by atoms with van der Waals surface area (Å²) < 4.78 is 105. The third-order valence-electron chi connectivity index (χ3n) is 18.8. The lowest BCUT2D eigenvalue weighted by Gasteiger charge is -2.46. The van der Waals surface area contributed by atoms with E-state index in [1.807, 2.05) is 75.4 Å². The highest BCUT2D eigenvalue weighted by Gasteiger charge is 2.53. The van der Waals surface area contributed by atoms with E-state index in [-0.39, 0.29) is 52.8 Å². The van der Waals surface area contributed by atoms with Crippen molar-refractivity contribution < 1.29 is 44.7 Å². The molecule has 476 valence electrons. The maximum absolute atomic E-state index is 14.8. The van der Waals surface area contributed by atoms with Gasteiger partial charge in [-0.25, -0.2) is 35.0 Å². The lowest BCUT2D eigenvalue weighted by atomic mass is 9.60. The maximum Gasteiger partial charge on any atom is 0.262 e. The molecule has 0 aliphatic heterocycles. The normalized spacial score (nSPS) is 19.4. The van der Waals surface area contributed by atoms with Gasteiger partial charge in [0.05, 0.1) is 60.2 Å². The zero-order valence-corrected chi connectivity index (χ0v) is 54.1. The fraction of sp³-hybridized carbons (Fsp3) is 0.319. The maximum atomic E-state index is 14.8. The number of fused-ring (bicyclic) bond motifs is 4. The molecule has 0 amide bonds. The lowest BCUT2D eigenvalue weighted by molar-refractivity contribution is -0.126. The van der Waals surface area contributed by atoms with Gasteiger partial charge in [0, 0.05) is 57.9 Å². The van der Waals surface area contributed by atoms with Crippen LogP contribution in [0.5, 0.6) is 11.5 Å². The summed E-state index contributed by atoms with van der Waals surface area (Å²) in [4.78, 5) is 32.9. The smallest absolute Gasteiger partial charge is 0.262 e. The van der Waals surface area contributed by atoms with Gasteiger partial charge in [0.15, 0.2) is 15.8 Å². The molecule has 0 saturated heterocycles. The molecule has 92 heavy (non-hydrogen) atoms. The summed E-state index contributed by atoms with van der Waals surface area (Å²) in [5.74, 6) is 0.561. The number of methoxy groups -OCH3 is 2. The Hall–Kier alpha value is -9.03. The first-order valence-electron chi connectivity index (χ1n) is 30.4. The number of benzene rings is 4. The van der Waals surface area contributed by atoms with Gasteiger partial charge in [0.2, 0.25) is 0 Å². The van der Waals surface area contributed by atoms with E-state index in [1.165, 1.54) is 54.4 Å². The van der Waals surface area contributed by atoms with Crippen LogP contribution in [0.4, 0.5) is 8.78 Å². The highest BCUT2D eigenvalue weighted by atomic mass is 32.2. The first-order chi connectivity index (χ1) is 44.0. The van der Waals surface area contributed by atoms with Gasteiger partial charge >= 0.3 is 0 Å². The van der Waals surface area contributed by atoms with Crippen LogP contribution in [-0.2, 0) is 64.9 Å². The molecule has 9 aromatic rings. The van der Waals surface area contributed by atoms with Gasteiger partial charge in [0.25, 0.3) is 20.0 Å². The zero-order chi connectivity index (χ0) is 65.0. The number of nitrogens with zero attached hydrogens (tertiary/aromatic N) is 11. The van der Waals surface area contributed by atoms with Crippen LogP contribution < -0.4 is 9.47 Å². The van der Waals surface area contributed by atoms with E-state index in [1.54, 1.807) is 106 Å². The summed E-state index contributed by atoms with van der Waals surface area (Å²) in [5, 5.41) is 17.7. The first-order valence-corrected chi connectivity index (χ1v) is 33.2. The summed E-state index contributed by atoms with van der Waals surface area (Å²) in [6.45, 7) is 7.61. The van der Waals surface area contributed by atoms with Gasteiger partial charge in [-0.3, -0.25) is 23.9 Å². The van der Waals surface area contributed by atoms with Gasteiger partial charge in [-0.1, -0.05) is 23.3 Å². The molecule has 0 radical (unpaired) electrons. The molecule has 4 atom stereocenters. The van der Waals surface area contributed by atoms with Crippen LogP contribution in [0, 0.1) is 43.2 Å². The van der Waals surface area contributed by atoms with E-state index in [4.69, 9.17) is 9.47 Å². The van der Waals surface area contributed by atoms with E-state index in [9.17, 15) is 35.2 Å². The molecular formula is C69H71F2N11O8S2. The summed E-state index contributed by atoms with van der Waals surface area (Å²) in [6, 6.07) is 29.1. The molecule has 19 nitrogen and oxygen atoms in total. The van der Waals surface area contributed by atoms with Gasteiger partial charge in [-0.15, -0.1) is 0 Å². The average Bonchev–Trinajstić information content (AvgIpc) is 1.21. The molecule has 0 N–H and O–H groups in total. The van der Waals surface area contributed by atoms with E-state index >= 15 is 0 Å². The van der Waals surface area contributed by atoms with Crippen LogP contribution in [0.3, 0.4) is 0 Å². The van der Waals surface area contributed by atoms with Crippen molar-refractivity contribution in [1.29, 1.82) is 0 Å². The molecule has 0 bridgehead atoms. The highest BCUT2D eigenvalue weighted by molar-refractivity contribution is 7.89. The van der Waals surface area contributed by atoms with Gasteiger partial charge in [-0.2, -0.15) is 29.0 Å². The Morgan fingerprint density at radius 2 is 1.05 bits per heavy atom. The lowest BCUT2D eigenvalue weighted by Crippen LogP contribution is -2.50. The largest absolute Gasteiger partial charge is 0.497 e. The Labute approximate surface area is 533 Å². The summed E-state index contributed by atoms with van der Waals surface area (Å²) in [5.41, 5.74) is 9.54. The van der Waals surface area contributed by atoms with Crippen molar-refractivity contribution in [2.24, 2.45) is 24.9 Å². The molecule has 5 heterocycles. The number of carbonyl (C=O) groups excluding carboxylic acids is 2. The van der Waals surface area contributed by atoms with Gasteiger partial charge in [-0.05, 0) is 227 Å². The number of aromatic nitrogens is 9. The second kappa shape index (κ2) is 24.9. The number of ketones is 2. The quantitative estimate of drug-likeness (QED) is 0.0777. The molecule has 5 aromatic heterocycles. The summed E-state index contributed by atoms with van der Waals surface area (Å²) >= 11 is 0. The number of rotatable bonds is 17. The minimum absolute atomic E-state index is 0.000515. The van der Waals surface area contributed by atoms with E-state index < -0.39 is 43.0 Å². The standard InChI is InChI=1S/C37H37FN6O4S.C32H34FN5O4S/c1-24-13-15-39-33(17-24)36(45)37-20-27-22-40-44(30-10-7-29(38)8-11-30)34(27)19-28(37)6-9-31(21-37)43(49(46,47)35-14-16-42(3)41-35)23-26-5-12-32(48-4)18-25(26)2;1-21-15-29(42-4)12-5-23(21)20-37(43(40,41)31-13-14-36(3)35-31)28-9-6-25-16-30-24(17-32(25,18-28)22(2)39)19-34-38(30)27-10-7-26(33)8-11-27/h5,7-8,10-19,22,31H,6,9,20-21,23H2,1-4H3;5,7-8,10-16,19,28H,6,9,17-18,20H2,1-4H3/t31-,37-;28-,32+/m00/s1. The Balaban J connectivity index is 0.000000179. The third kappa shape index (κ3) is 11.9. The molecule has 4 aromatic carbocycles. The minimum atomic E-state index is -4.09. The number of allylic oxidation sites excluding steroid dienone is 2. The van der Waals surface area contributed by atoms with Crippen molar-refractivity contribution in [3.8, 4) is 22.9 Å². The molecule has 0 unspecified atom stereocenters. The number of hydrogen-bond donors (Lipinski definition) is 0. The van der Waals surface area contributed by atoms with Gasteiger partial charge < -0.3 is 9.47 Å². The van der Waals surface area contributed by atoms with Crippen LogP contribution in [-0.4, -0.2) is 107 Å². The first kappa shape index (κ1) is 63.1. The number of hydrogen-bond acceptors (Lipinski definition) is 13. The topological polar surface area (TPSA) is 212 Å².